The Morgan fingerprint density at radius 2 is 2.37 bits per heavy atom. The summed E-state index contributed by atoms with van der Waals surface area (Å²) in [4.78, 5) is 6.19. The molecule has 5 heteroatoms. The van der Waals surface area contributed by atoms with Crippen molar-refractivity contribution in [3.05, 3.63) is 24.1 Å². The predicted octanol–water partition coefficient (Wildman–Crippen LogP) is 1.99. The minimum absolute atomic E-state index is 0.137. The summed E-state index contributed by atoms with van der Waals surface area (Å²) in [6, 6.07) is 4.75. The fourth-order valence-electron chi connectivity index (χ4n) is 2.31. The van der Waals surface area contributed by atoms with Crippen molar-refractivity contribution >= 4 is 5.82 Å². The van der Waals surface area contributed by atoms with Gasteiger partial charge >= 0.3 is 0 Å². The Bertz CT molecular complexity index is 400. The van der Waals surface area contributed by atoms with Crippen molar-refractivity contribution < 1.29 is 9.13 Å². The molecule has 1 N–H and O–H groups in total. The van der Waals surface area contributed by atoms with Crippen LogP contribution in [0.4, 0.5) is 10.2 Å². The number of rotatable bonds is 5. The Balaban J connectivity index is 1.79. The topological polar surface area (TPSA) is 37.4 Å². The first-order valence-electron chi connectivity index (χ1n) is 6.84. The van der Waals surface area contributed by atoms with Crippen LogP contribution < -0.4 is 5.32 Å². The van der Waals surface area contributed by atoms with E-state index in [0.717, 1.165) is 26.2 Å². The zero-order valence-corrected chi connectivity index (χ0v) is 11.6. The number of nitrogens with zero attached hydrogens (tertiary/aromatic N) is 2. The Hall–Kier alpha value is -1.20. The average Bonchev–Trinajstić information content (AvgIpc) is 2.36. The van der Waals surface area contributed by atoms with Crippen LogP contribution in [0, 0.1) is 11.9 Å². The maximum atomic E-state index is 12.9. The van der Waals surface area contributed by atoms with Crippen LogP contribution in [-0.4, -0.2) is 48.8 Å². The molecule has 0 bridgehead atoms. The number of ether oxygens (including phenoxy) is 1. The molecule has 19 heavy (non-hydrogen) atoms. The second-order valence-electron chi connectivity index (χ2n) is 5.37. The van der Waals surface area contributed by atoms with E-state index >= 15 is 0 Å². The van der Waals surface area contributed by atoms with Crippen LogP contribution in [0.1, 0.15) is 13.8 Å². The molecule has 0 amide bonds. The highest BCUT2D eigenvalue weighted by atomic mass is 19.1. The molecule has 0 saturated carbocycles. The van der Waals surface area contributed by atoms with Crippen molar-refractivity contribution in [2.45, 2.75) is 20.0 Å². The summed E-state index contributed by atoms with van der Waals surface area (Å²) in [6.07, 6.45) is 0.137. The van der Waals surface area contributed by atoms with Gasteiger partial charge in [-0.05, 0) is 18.1 Å². The molecule has 1 fully saturated rings. The van der Waals surface area contributed by atoms with E-state index < -0.39 is 5.95 Å². The number of aromatic nitrogens is 1. The second-order valence-corrected chi connectivity index (χ2v) is 5.37. The summed E-state index contributed by atoms with van der Waals surface area (Å²) in [7, 11) is 0. The SMILES string of the molecule is CC(C)CN1CCO[C@H](CNc2cccc(F)n2)C1. The van der Waals surface area contributed by atoms with Gasteiger partial charge < -0.3 is 10.1 Å². The molecule has 2 heterocycles. The van der Waals surface area contributed by atoms with E-state index in [4.69, 9.17) is 4.74 Å². The Morgan fingerprint density at radius 1 is 1.53 bits per heavy atom. The predicted molar refractivity (Wildman–Crippen MR) is 73.7 cm³/mol. The van der Waals surface area contributed by atoms with E-state index in [1.165, 1.54) is 6.07 Å². The molecule has 0 radical (unpaired) electrons. The first-order valence-corrected chi connectivity index (χ1v) is 6.84. The highest BCUT2D eigenvalue weighted by Crippen LogP contribution is 2.10. The number of anilines is 1. The summed E-state index contributed by atoms with van der Waals surface area (Å²) in [5, 5.41) is 3.13. The highest BCUT2D eigenvalue weighted by Gasteiger charge is 2.20. The summed E-state index contributed by atoms with van der Waals surface area (Å²) >= 11 is 0. The molecule has 1 saturated heterocycles. The maximum absolute atomic E-state index is 12.9. The van der Waals surface area contributed by atoms with E-state index in [9.17, 15) is 4.39 Å². The standard InChI is InChI=1S/C14H22FN3O/c1-11(2)9-18-6-7-19-12(10-18)8-16-14-5-3-4-13(15)17-14/h3-5,11-12H,6-10H2,1-2H3,(H,16,17)/t12-/m1/s1. The van der Waals surface area contributed by atoms with Crippen molar-refractivity contribution in [3.8, 4) is 0 Å². The lowest BCUT2D eigenvalue weighted by molar-refractivity contribution is -0.0244. The third-order valence-electron chi connectivity index (χ3n) is 3.07. The van der Waals surface area contributed by atoms with Gasteiger partial charge in [-0.1, -0.05) is 19.9 Å². The number of hydrogen-bond donors (Lipinski definition) is 1. The molecule has 0 aliphatic carbocycles. The van der Waals surface area contributed by atoms with Crippen molar-refractivity contribution in [2.24, 2.45) is 5.92 Å². The molecule has 1 aromatic heterocycles. The summed E-state index contributed by atoms with van der Waals surface area (Å²) in [5.74, 6) is 0.761. The fourth-order valence-corrected chi connectivity index (χ4v) is 2.31. The summed E-state index contributed by atoms with van der Waals surface area (Å²) in [5.41, 5.74) is 0. The van der Waals surface area contributed by atoms with Crippen LogP contribution in [0.2, 0.25) is 0 Å². The Kier molecular flexibility index (Phi) is 5.10. The minimum Gasteiger partial charge on any atom is -0.374 e. The van der Waals surface area contributed by atoms with Gasteiger partial charge in [0.05, 0.1) is 12.7 Å². The van der Waals surface area contributed by atoms with Gasteiger partial charge in [-0.3, -0.25) is 4.90 Å². The van der Waals surface area contributed by atoms with Gasteiger partial charge in [-0.15, -0.1) is 0 Å². The van der Waals surface area contributed by atoms with E-state index in [0.29, 0.717) is 18.3 Å². The van der Waals surface area contributed by atoms with Gasteiger partial charge in [-0.25, -0.2) is 4.98 Å². The van der Waals surface area contributed by atoms with Crippen molar-refractivity contribution in [1.82, 2.24) is 9.88 Å². The number of halogens is 1. The largest absolute Gasteiger partial charge is 0.374 e. The van der Waals surface area contributed by atoms with E-state index in [-0.39, 0.29) is 6.10 Å². The van der Waals surface area contributed by atoms with Gasteiger partial charge in [0.2, 0.25) is 5.95 Å². The molecule has 0 aromatic carbocycles. The van der Waals surface area contributed by atoms with Crippen LogP contribution in [0.3, 0.4) is 0 Å². The van der Waals surface area contributed by atoms with E-state index in [2.05, 4.69) is 29.0 Å². The lowest BCUT2D eigenvalue weighted by Crippen LogP contribution is -2.46. The Labute approximate surface area is 114 Å². The van der Waals surface area contributed by atoms with Crippen LogP contribution in [0.5, 0.6) is 0 Å². The molecule has 1 aliphatic rings. The average molecular weight is 267 g/mol. The molecule has 2 rings (SSSR count). The number of hydrogen-bond acceptors (Lipinski definition) is 4. The van der Waals surface area contributed by atoms with Crippen LogP contribution in [0.25, 0.3) is 0 Å². The normalized spacial score (nSPS) is 20.7. The van der Waals surface area contributed by atoms with Crippen LogP contribution in [-0.2, 0) is 4.74 Å². The molecule has 1 aliphatic heterocycles. The monoisotopic (exact) mass is 267 g/mol. The minimum atomic E-state index is -0.462. The van der Waals surface area contributed by atoms with Crippen molar-refractivity contribution in [1.29, 1.82) is 0 Å². The van der Waals surface area contributed by atoms with Gasteiger partial charge in [0.25, 0.3) is 0 Å². The fraction of sp³-hybridized carbons (Fsp3) is 0.643. The lowest BCUT2D eigenvalue weighted by atomic mass is 10.2. The first-order chi connectivity index (χ1) is 9.13. The number of morpholine rings is 1. The molecule has 1 aromatic rings. The molecule has 1 atom stereocenters. The smallest absolute Gasteiger partial charge is 0.214 e. The second kappa shape index (κ2) is 6.82. The van der Waals surface area contributed by atoms with Crippen LogP contribution >= 0.6 is 0 Å². The third-order valence-corrected chi connectivity index (χ3v) is 3.07. The van der Waals surface area contributed by atoms with Crippen molar-refractivity contribution in [3.63, 3.8) is 0 Å². The summed E-state index contributed by atoms with van der Waals surface area (Å²) in [6.45, 7) is 8.87. The zero-order valence-electron chi connectivity index (χ0n) is 11.6. The maximum Gasteiger partial charge on any atom is 0.214 e. The van der Waals surface area contributed by atoms with Gasteiger partial charge in [0.1, 0.15) is 5.82 Å². The highest BCUT2D eigenvalue weighted by molar-refractivity contribution is 5.33. The zero-order chi connectivity index (χ0) is 13.7. The summed E-state index contributed by atoms with van der Waals surface area (Å²) < 4.78 is 18.7. The molecule has 106 valence electrons. The lowest BCUT2D eigenvalue weighted by Gasteiger charge is -2.34. The molecule has 0 spiro atoms. The number of pyridine rings is 1. The van der Waals surface area contributed by atoms with E-state index in [1.807, 2.05) is 0 Å². The van der Waals surface area contributed by atoms with Gasteiger partial charge in [-0.2, -0.15) is 4.39 Å². The van der Waals surface area contributed by atoms with Gasteiger partial charge in [0.15, 0.2) is 0 Å². The van der Waals surface area contributed by atoms with Gasteiger partial charge in [0, 0.05) is 26.2 Å². The van der Waals surface area contributed by atoms with Crippen molar-refractivity contribution in [2.75, 3.05) is 38.1 Å². The molecule has 4 nitrogen and oxygen atoms in total. The quantitative estimate of drug-likeness (QED) is 0.828. The van der Waals surface area contributed by atoms with E-state index in [1.54, 1.807) is 12.1 Å². The Morgan fingerprint density at radius 3 is 3.11 bits per heavy atom. The molecular weight excluding hydrogens is 245 g/mol. The first kappa shape index (κ1) is 14.2. The third kappa shape index (κ3) is 4.76. The molecule has 0 unspecified atom stereocenters. The number of nitrogens with one attached hydrogen (secondary N) is 1. The molecular formula is C14H22FN3O. The van der Waals surface area contributed by atoms with Crippen LogP contribution in [0.15, 0.2) is 18.2 Å².